The van der Waals surface area contributed by atoms with Crippen LogP contribution in [0.25, 0.3) is 0 Å². The van der Waals surface area contributed by atoms with Crippen molar-refractivity contribution in [1.82, 2.24) is 10.3 Å². The third-order valence-corrected chi connectivity index (χ3v) is 4.84. The Labute approximate surface area is 144 Å². The van der Waals surface area contributed by atoms with E-state index in [1.165, 1.54) is 12.3 Å². The molecule has 2 N–H and O–H groups in total. The molecule has 2 aromatic rings. The van der Waals surface area contributed by atoms with Gasteiger partial charge in [-0.05, 0) is 43.0 Å². The Kier molecular flexibility index (Phi) is 4.56. The monoisotopic (exact) mass is 348 g/mol. The highest BCUT2D eigenvalue weighted by Gasteiger charge is 2.46. The normalized spacial score (nSPS) is 22.8. The quantitative estimate of drug-likeness (QED) is 0.894. The molecule has 0 unspecified atom stereocenters. The van der Waals surface area contributed by atoms with E-state index in [9.17, 15) is 9.90 Å². The zero-order chi connectivity index (χ0) is 17.3. The van der Waals surface area contributed by atoms with Gasteiger partial charge in [0.1, 0.15) is 0 Å². The van der Waals surface area contributed by atoms with Crippen LogP contribution in [0.1, 0.15) is 41.3 Å². The van der Waals surface area contributed by atoms with Crippen LogP contribution >= 0.6 is 11.6 Å². The van der Waals surface area contributed by atoms with Gasteiger partial charge in [-0.15, -0.1) is 0 Å². The van der Waals surface area contributed by atoms with E-state index in [0.717, 1.165) is 11.1 Å². The summed E-state index contributed by atoms with van der Waals surface area (Å²) in [6, 6.07) is 8.51. The highest BCUT2D eigenvalue weighted by molar-refractivity contribution is 6.31. The molecule has 0 fully saturated rings. The number of nitrogens with one attached hydrogen (secondary N) is 1. The van der Waals surface area contributed by atoms with Crippen LogP contribution in [0.2, 0.25) is 5.02 Å². The number of pyridine rings is 1. The van der Waals surface area contributed by atoms with Crippen LogP contribution in [0.3, 0.4) is 0 Å². The lowest BCUT2D eigenvalue weighted by molar-refractivity contribution is -0.135. The van der Waals surface area contributed by atoms with E-state index >= 15 is 4.39 Å². The number of fused-ring (bicyclic) bond motifs is 1. The predicted molar refractivity (Wildman–Crippen MR) is 89.3 cm³/mol. The Bertz CT molecular complexity index is 763. The first-order chi connectivity index (χ1) is 11.4. The van der Waals surface area contributed by atoms with Crippen LogP contribution < -0.4 is 5.32 Å². The number of amides is 1. The third-order valence-electron chi connectivity index (χ3n) is 4.48. The van der Waals surface area contributed by atoms with Crippen LogP contribution in [-0.2, 0) is 17.0 Å². The first-order valence-electron chi connectivity index (χ1n) is 7.78. The summed E-state index contributed by atoms with van der Waals surface area (Å²) >= 11 is 6.15. The van der Waals surface area contributed by atoms with E-state index in [1.807, 2.05) is 19.1 Å². The average Bonchev–Trinajstić information content (AvgIpc) is 2.58. The fourth-order valence-corrected chi connectivity index (χ4v) is 3.35. The van der Waals surface area contributed by atoms with Crippen molar-refractivity contribution >= 4 is 17.5 Å². The summed E-state index contributed by atoms with van der Waals surface area (Å²) in [6.07, 6.45) is 0.710. The van der Waals surface area contributed by atoms with E-state index in [2.05, 4.69) is 10.3 Å². The highest BCUT2D eigenvalue weighted by Crippen LogP contribution is 2.42. The van der Waals surface area contributed by atoms with Crippen molar-refractivity contribution in [2.24, 2.45) is 0 Å². The largest absolute Gasteiger partial charge is 0.387 e. The number of hydrogen-bond acceptors (Lipinski definition) is 3. The third kappa shape index (κ3) is 2.89. The topological polar surface area (TPSA) is 62.2 Å². The molecule has 4 nitrogen and oxygen atoms in total. The second kappa shape index (κ2) is 6.49. The zero-order valence-corrected chi connectivity index (χ0v) is 14.0. The molecule has 1 heterocycles. The number of rotatable bonds is 3. The molecule has 1 aromatic heterocycles. The van der Waals surface area contributed by atoms with Gasteiger partial charge in [-0.2, -0.15) is 0 Å². The lowest BCUT2D eigenvalue weighted by Crippen LogP contribution is -2.44. The number of carbonyl (C=O) groups is 1. The van der Waals surface area contributed by atoms with Gasteiger partial charge in [-0.3, -0.25) is 9.78 Å². The Morgan fingerprint density at radius 2 is 2.25 bits per heavy atom. The number of aryl methyl sites for hydroxylation is 1. The van der Waals surface area contributed by atoms with Gasteiger partial charge in [0.15, 0.2) is 0 Å². The number of benzene rings is 1. The van der Waals surface area contributed by atoms with Crippen LogP contribution in [0.5, 0.6) is 0 Å². The second-order valence-corrected chi connectivity index (χ2v) is 6.42. The maximum absolute atomic E-state index is 15.4. The Balaban J connectivity index is 1.84. The number of carbonyl (C=O) groups excluding carboxylic acids is 1. The molecule has 6 heteroatoms. The number of halogens is 2. The van der Waals surface area contributed by atoms with Crippen LogP contribution in [0.15, 0.2) is 36.5 Å². The average molecular weight is 349 g/mol. The van der Waals surface area contributed by atoms with Crippen LogP contribution in [0.4, 0.5) is 4.39 Å². The molecule has 3 rings (SSSR count). The maximum Gasteiger partial charge on any atom is 0.262 e. The molecule has 1 aromatic carbocycles. The minimum Gasteiger partial charge on any atom is -0.387 e. The molecule has 0 aliphatic heterocycles. The molecule has 0 spiro atoms. The summed E-state index contributed by atoms with van der Waals surface area (Å²) in [4.78, 5) is 16.6. The number of aromatic nitrogens is 1. The van der Waals surface area contributed by atoms with E-state index in [0.29, 0.717) is 5.02 Å². The fourth-order valence-electron chi connectivity index (χ4n) is 3.06. The van der Waals surface area contributed by atoms with Crippen molar-refractivity contribution in [3.63, 3.8) is 0 Å². The first-order valence-corrected chi connectivity index (χ1v) is 8.16. The van der Waals surface area contributed by atoms with Gasteiger partial charge >= 0.3 is 0 Å². The van der Waals surface area contributed by atoms with Gasteiger partial charge in [0.2, 0.25) is 5.67 Å². The van der Waals surface area contributed by atoms with Crippen LogP contribution in [0, 0.1) is 6.92 Å². The SMILES string of the molecule is Cc1cccc(Cl)c1CNC(=O)[C@@]1(F)CC[C@@H](O)c2ncccc21. The summed E-state index contributed by atoms with van der Waals surface area (Å²) in [5, 5.41) is 13.1. The molecule has 24 heavy (non-hydrogen) atoms. The van der Waals surface area contributed by atoms with E-state index in [1.54, 1.807) is 12.1 Å². The molecular formula is C18H18ClFN2O2. The fraction of sp³-hybridized carbons (Fsp3) is 0.333. The summed E-state index contributed by atoms with van der Waals surface area (Å²) in [7, 11) is 0. The lowest BCUT2D eigenvalue weighted by Gasteiger charge is -2.32. The molecule has 0 bridgehead atoms. The van der Waals surface area contributed by atoms with Gasteiger partial charge < -0.3 is 10.4 Å². The van der Waals surface area contributed by atoms with Crippen molar-refractivity contribution in [1.29, 1.82) is 0 Å². The molecule has 1 aliphatic carbocycles. The lowest BCUT2D eigenvalue weighted by atomic mass is 9.81. The van der Waals surface area contributed by atoms with Gasteiger partial charge in [0.05, 0.1) is 11.8 Å². The molecule has 126 valence electrons. The van der Waals surface area contributed by atoms with Gasteiger partial charge in [0.25, 0.3) is 5.91 Å². The smallest absolute Gasteiger partial charge is 0.262 e. The number of alkyl halides is 1. The molecule has 0 radical (unpaired) electrons. The Morgan fingerprint density at radius 3 is 3.00 bits per heavy atom. The number of aliphatic hydroxyl groups excluding tert-OH is 1. The van der Waals surface area contributed by atoms with Crippen molar-refractivity contribution in [3.05, 3.63) is 63.9 Å². The van der Waals surface area contributed by atoms with Crippen molar-refractivity contribution in [2.45, 2.75) is 38.1 Å². The number of hydrogen-bond donors (Lipinski definition) is 2. The molecule has 0 saturated carbocycles. The standard InChI is InChI=1S/C18H18ClFN2O2/c1-11-4-2-6-14(19)12(11)10-22-17(24)18(20)8-7-15(23)16-13(18)5-3-9-21-16/h2-6,9,15,23H,7-8,10H2,1H3,(H,22,24)/t15-,18-/m1/s1. The van der Waals surface area contributed by atoms with Crippen molar-refractivity contribution in [3.8, 4) is 0 Å². The van der Waals surface area contributed by atoms with Crippen molar-refractivity contribution in [2.75, 3.05) is 0 Å². The van der Waals surface area contributed by atoms with Gasteiger partial charge in [-0.25, -0.2) is 4.39 Å². The van der Waals surface area contributed by atoms with Gasteiger partial charge in [0, 0.05) is 23.3 Å². The van der Waals surface area contributed by atoms with E-state index in [-0.39, 0.29) is 30.6 Å². The highest BCUT2D eigenvalue weighted by atomic mass is 35.5. The number of nitrogens with zero attached hydrogens (tertiary/aromatic N) is 1. The van der Waals surface area contributed by atoms with Crippen LogP contribution in [-0.4, -0.2) is 16.0 Å². The van der Waals surface area contributed by atoms with E-state index < -0.39 is 17.7 Å². The predicted octanol–water partition coefficient (Wildman–Crippen LogP) is 3.35. The maximum atomic E-state index is 15.4. The molecule has 1 aliphatic rings. The Hall–Kier alpha value is -1.98. The molecule has 2 atom stereocenters. The molecule has 1 amide bonds. The summed E-state index contributed by atoms with van der Waals surface area (Å²) < 4.78 is 15.4. The van der Waals surface area contributed by atoms with Crippen molar-refractivity contribution < 1.29 is 14.3 Å². The van der Waals surface area contributed by atoms with Gasteiger partial charge in [-0.1, -0.05) is 29.8 Å². The minimum absolute atomic E-state index is 0.0831. The summed E-state index contributed by atoms with van der Waals surface area (Å²) in [5.41, 5.74) is -0.138. The molecular weight excluding hydrogens is 331 g/mol. The first kappa shape index (κ1) is 16.9. The second-order valence-electron chi connectivity index (χ2n) is 6.01. The zero-order valence-electron chi connectivity index (χ0n) is 13.2. The summed E-state index contributed by atoms with van der Waals surface area (Å²) in [6.45, 7) is 2.03. The molecule has 0 saturated heterocycles. The number of aliphatic hydroxyl groups is 1. The minimum atomic E-state index is -2.20. The van der Waals surface area contributed by atoms with E-state index in [4.69, 9.17) is 11.6 Å². The Morgan fingerprint density at radius 1 is 1.46 bits per heavy atom. The summed E-state index contributed by atoms with van der Waals surface area (Å²) in [5.74, 6) is -0.733.